The van der Waals surface area contributed by atoms with Crippen molar-refractivity contribution in [2.75, 3.05) is 26.2 Å². The molecule has 0 bridgehead atoms. The third-order valence-corrected chi connectivity index (χ3v) is 6.33. The highest BCUT2D eigenvalue weighted by atomic mass is 16.5. The van der Waals surface area contributed by atoms with Gasteiger partial charge in [0.15, 0.2) is 11.4 Å². The second-order valence-electron chi connectivity index (χ2n) is 8.78. The number of likely N-dealkylation sites (tertiary alicyclic amines) is 1. The standard InChI is InChI=1S/C26H29NO6/c1-17-14-23(30)33-25-21(17)8-9-22(24(25)18(2)28)32-16-20(29)15-27-12-10-26(31,11-13-27)19-6-4-3-5-7-19/h3-9,14,20,29,31H,10-13,15-16H2,1-2H3. The molecule has 0 aliphatic carbocycles. The van der Waals surface area contributed by atoms with Gasteiger partial charge in [0.1, 0.15) is 24.0 Å². The van der Waals surface area contributed by atoms with Gasteiger partial charge in [0.2, 0.25) is 0 Å². The van der Waals surface area contributed by atoms with Crippen LogP contribution < -0.4 is 10.4 Å². The van der Waals surface area contributed by atoms with E-state index < -0.39 is 17.3 Å². The quantitative estimate of drug-likeness (QED) is 0.421. The number of hydrogen-bond donors (Lipinski definition) is 2. The molecule has 1 fully saturated rings. The van der Waals surface area contributed by atoms with Crippen LogP contribution in [0.2, 0.25) is 0 Å². The zero-order valence-electron chi connectivity index (χ0n) is 18.9. The molecule has 0 amide bonds. The van der Waals surface area contributed by atoms with Crippen LogP contribution >= 0.6 is 0 Å². The van der Waals surface area contributed by atoms with Crippen LogP contribution in [0.3, 0.4) is 0 Å². The SMILES string of the molecule is CC(=O)c1c(OCC(O)CN2CCC(O)(c3ccccc3)CC2)ccc2c(C)cc(=O)oc12. The number of nitrogens with zero attached hydrogens (tertiary/aromatic N) is 1. The maximum absolute atomic E-state index is 12.3. The summed E-state index contributed by atoms with van der Waals surface area (Å²) in [6.45, 7) is 4.86. The van der Waals surface area contributed by atoms with E-state index >= 15 is 0 Å². The van der Waals surface area contributed by atoms with E-state index in [9.17, 15) is 19.8 Å². The van der Waals surface area contributed by atoms with Gasteiger partial charge >= 0.3 is 5.63 Å². The smallest absolute Gasteiger partial charge is 0.336 e. The van der Waals surface area contributed by atoms with Gasteiger partial charge in [-0.1, -0.05) is 30.3 Å². The van der Waals surface area contributed by atoms with Crippen molar-refractivity contribution in [3.63, 3.8) is 0 Å². The van der Waals surface area contributed by atoms with E-state index in [1.54, 1.807) is 19.1 Å². The van der Waals surface area contributed by atoms with Crippen molar-refractivity contribution in [2.24, 2.45) is 0 Å². The second kappa shape index (κ2) is 9.47. The molecule has 0 radical (unpaired) electrons. The number of hydrogen-bond acceptors (Lipinski definition) is 7. The molecule has 1 saturated heterocycles. The zero-order valence-corrected chi connectivity index (χ0v) is 18.9. The van der Waals surface area contributed by atoms with E-state index in [4.69, 9.17) is 9.15 Å². The summed E-state index contributed by atoms with van der Waals surface area (Å²) in [7, 11) is 0. The first-order chi connectivity index (χ1) is 15.8. The average molecular weight is 452 g/mol. The Bertz CT molecular complexity index is 1190. The summed E-state index contributed by atoms with van der Waals surface area (Å²) in [6, 6.07) is 14.5. The van der Waals surface area contributed by atoms with Crippen molar-refractivity contribution < 1.29 is 24.2 Å². The minimum absolute atomic E-state index is 0.0126. The molecule has 2 heterocycles. The minimum Gasteiger partial charge on any atom is -0.490 e. The predicted molar refractivity (Wildman–Crippen MR) is 125 cm³/mol. The number of piperidine rings is 1. The van der Waals surface area contributed by atoms with Gasteiger partial charge in [-0.05, 0) is 49.9 Å². The fourth-order valence-electron chi connectivity index (χ4n) is 4.50. The Morgan fingerprint density at radius 2 is 1.88 bits per heavy atom. The first kappa shape index (κ1) is 23.2. The molecular formula is C26H29NO6. The van der Waals surface area contributed by atoms with Crippen LogP contribution in [0.1, 0.15) is 41.3 Å². The molecule has 1 aliphatic heterocycles. The summed E-state index contributed by atoms with van der Waals surface area (Å²) in [5.41, 5.74) is 0.671. The van der Waals surface area contributed by atoms with Gasteiger partial charge in [0.05, 0.1) is 5.60 Å². The molecule has 33 heavy (non-hydrogen) atoms. The van der Waals surface area contributed by atoms with E-state index in [0.29, 0.717) is 37.9 Å². The Hall–Kier alpha value is -3.00. The molecule has 3 aromatic rings. The number of carbonyl (C=O) groups is 1. The molecule has 0 saturated carbocycles. The molecule has 7 heteroatoms. The molecule has 1 aliphatic rings. The lowest BCUT2D eigenvalue weighted by Gasteiger charge is -2.39. The van der Waals surface area contributed by atoms with Crippen molar-refractivity contribution in [1.82, 2.24) is 4.90 Å². The highest BCUT2D eigenvalue weighted by Gasteiger charge is 2.34. The first-order valence-electron chi connectivity index (χ1n) is 11.2. The van der Waals surface area contributed by atoms with E-state index in [0.717, 1.165) is 11.1 Å². The number of β-amino-alcohol motifs (C(OH)–C–C–N with tert-alkyl or cyclic N) is 1. The monoisotopic (exact) mass is 451 g/mol. The van der Waals surface area contributed by atoms with E-state index in [1.807, 2.05) is 30.3 Å². The van der Waals surface area contributed by atoms with Crippen LogP contribution in [0, 0.1) is 6.92 Å². The van der Waals surface area contributed by atoms with Gasteiger partial charge in [0.25, 0.3) is 0 Å². The zero-order chi connectivity index (χ0) is 23.6. The maximum Gasteiger partial charge on any atom is 0.336 e. The number of aliphatic hydroxyl groups excluding tert-OH is 1. The van der Waals surface area contributed by atoms with Crippen molar-refractivity contribution in [3.05, 3.63) is 75.6 Å². The van der Waals surface area contributed by atoms with Gasteiger partial charge in [-0.15, -0.1) is 0 Å². The normalized spacial score (nSPS) is 17.1. The third kappa shape index (κ3) is 5.00. The van der Waals surface area contributed by atoms with Crippen LogP contribution in [-0.2, 0) is 5.60 Å². The highest BCUT2D eigenvalue weighted by molar-refractivity contribution is 6.07. The van der Waals surface area contributed by atoms with Crippen molar-refractivity contribution in [2.45, 2.75) is 38.4 Å². The lowest BCUT2D eigenvalue weighted by Crippen LogP contribution is -2.46. The van der Waals surface area contributed by atoms with Gasteiger partial charge in [-0.3, -0.25) is 4.79 Å². The number of Topliss-reactive ketones (excluding diaryl/α,β-unsaturated/α-hetero) is 1. The number of ether oxygens (including phenoxy) is 1. The van der Waals surface area contributed by atoms with Crippen LogP contribution in [0.5, 0.6) is 5.75 Å². The van der Waals surface area contributed by atoms with Crippen molar-refractivity contribution >= 4 is 16.8 Å². The molecule has 1 atom stereocenters. The topological polar surface area (TPSA) is 100 Å². The van der Waals surface area contributed by atoms with E-state index in [2.05, 4.69) is 4.90 Å². The van der Waals surface area contributed by atoms with Gasteiger partial charge in [0, 0.05) is 31.1 Å². The summed E-state index contributed by atoms with van der Waals surface area (Å²) < 4.78 is 11.1. The molecule has 1 aromatic heterocycles. The lowest BCUT2D eigenvalue weighted by molar-refractivity contribution is -0.0372. The Labute approximate surface area is 192 Å². The Morgan fingerprint density at radius 3 is 2.55 bits per heavy atom. The van der Waals surface area contributed by atoms with Crippen molar-refractivity contribution in [3.8, 4) is 5.75 Å². The van der Waals surface area contributed by atoms with E-state index in [-0.39, 0.29) is 29.3 Å². The summed E-state index contributed by atoms with van der Waals surface area (Å²) in [5, 5.41) is 22.2. The summed E-state index contributed by atoms with van der Waals surface area (Å²) in [6.07, 6.45) is 0.387. The Morgan fingerprint density at radius 1 is 1.18 bits per heavy atom. The maximum atomic E-state index is 12.3. The molecular weight excluding hydrogens is 422 g/mol. The molecule has 174 valence electrons. The molecule has 2 aromatic carbocycles. The number of ketones is 1. The number of carbonyl (C=O) groups excluding carboxylic acids is 1. The van der Waals surface area contributed by atoms with Crippen molar-refractivity contribution in [1.29, 1.82) is 0 Å². The third-order valence-electron chi connectivity index (χ3n) is 6.33. The molecule has 1 unspecified atom stereocenters. The number of benzene rings is 2. The summed E-state index contributed by atoms with van der Waals surface area (Å²) in [4.78, 5) is 26.2. The van der Waals surface area contributed by atoms with Crippen LogP contribution in [0.25, 0.3) is 11.0 Å². The van der Waals surface area contributed by atoms with Gasteiger partial charge in [-0.25, -0.2) is 4.79 Å². The van der Waals surface area contributed by atoms with Gasteiger partial charge < -0.3 is 24.3 Å². The molecule has 7 nitrogen and oxygen atoms in total. The fourth-order valence-corrected chi connectivity index (χ4v) is 4.50. The second-order valence-corrected chi connectivity index (χ2v) is 8.78. The molecule has 0 spiro atoms. The average Bonchev–Trinajstić information content (AvgIpc) is 2.79. The summed E-state index contributed by atoms with van der Waals surface area (Å²) in [5.74, 6) is -0.00466. The Balaban J connectivity index is 1.39. The number of rotatable bonds is 7. The fraction of sp³-hybridized carbons (Fsp3) is 0.385. The highest BCUT2D eigenvalue weighted by Crippen LogP contribution is 2.33. The van der Waals surface area contributed by atoms with Crippen LogP contribution in [0.4, 0.5) is 0 Å². The Kier molecular flexibility index (Phi) is 6.65. The first-order valence-corrected chi connectivity index (χ1v) is 11.2. The van der Waals surface area contributed by atoms with E-state index in [1.165, 1.54) is 13.0 Å². The summed E-state index contributed by atoms with van der Waals surface area (Å²) >= 11 is 0. The largest absolute Gasteiger partial charge is 0.490 e. The number of aliphatic hydroxyl groups is 2. The van der Waals surface area contributed by atoms with Gasteiger partial charge in [-0.2, -0.15) is 0 Å². The molecule has 4 rings (SSSR count). The predicted octanol–water partition coefficient (Wildman–Crippen LogP) is 3.03. The molecule has 2 N–H and O–H groups in total. The van der Waals surface area contributed by atoms with Crippen LogP contribution in [0.15, 0.2) is 57.7 Å². The number of aryl methyl sites for hydroxylation is 1. The van der Waals surface area contributed by atoms with Crippen LogP contribution in [-0.4, -0.2) is 53.2 Å². The minimum atomic E-state index is -0.845. The lowest BCUT2D eigenvalue weighted by atomic mass is 9.84. The number of fused-ring (bicyclic) bond motifs is 1.